The summed E-state index contributed by atoms with van der Waals surface area (Å²) in [6, 6.07) is 4.87. The van der Waals surface area contributed by atoms with Crippen LogP contribution >= 0.6 is 22.9 Å². The Balaban J connectivity index is 2.15. The van der Waals surface area contributed by atoms with Gasteiger partial charge in [0, 0.05) is 10.9 Å². The summed E-state index contributed by atoms with van der Waals surface area (Å²) in [5, 5.41) is 3.88. The molecule has 21 heavy (non-hydrogen) atoms. The first kappa shape index (κ1) is 17.3. The Hall–Kier alpha value is -0.0500. The summed E-state index contributed by atoms with van der Waals surface area (Å²) in [6.07, 6.45) is 9.30. The summed E-state index contributed by atoms with van der Waals surface area (Å²) in [5.41, 5.74) is 0.500. The molecule has 3 heteroatoms. The zero-order valence-corrected chi connectivity index (χ0v) is 15.3. The van der Waals surface area contributed by atoms with Crippen molar-refractivity contribution < 1.29 is 0 Å². The van der Waals surface area contributed by atoms with E-state index >= 15 is 0 Å². The molecule has 1 atom stereocenters. The van der Waals surface area contributed by atoms with Gasteiger partial charge in [0.05, 0.1) is 4.34 Å². The van der Waals surface area contributed by atoms with Crippen LogP contribution in [0.15, 0.2) is 12.1 Å². The average molecular weight is 328 g/mol. The van der Waals surface area contributed by atoms with E-state index in [0.29, 0.717) is 11.5 Å². The van der Waals surface area contributed by atoms with Crippen molar-refractivity contribution in [1.82, 2.24) is 5.32 Å². The van der Waals surface area contributed by atoms with Gasteiger partial charge in [0.2, 0.25) is 0 Å². The topological polar surface area (TPSA) is 12.0 Å². The summed E-state index contributed by atoms with van der Waals surface area (Å²) in [4.78, 5) is 1.43. The van der Waals surface area contributed by atoms with Crippen molar-refractivity contribution in [2.24, 2.45) is 11.3 Å². The Morgan fingerprint density at radius 2 is 2.00 bits per heavy atom. The number of halogens is 1. The van der Waals surface area contributed by atoms with Crippen molar-refractivity contribution >= 4 is 22.9 Å². The molecule has 0 saturated heterocycles. The Morgan fingerprint density at radius 3 is 2.52 bits per heavy atom. The van der Waals surface area contributed by atoms with E-state index in [0.717, 1.165) is 23.2 Å². The molecule has 1 heterocycles. The lowest BCUT2D eigenvalue weighted by Crippen LogP contribution is -2.46. The van der Waals surface area contributed by atoms with Gasteiger partial charge in [-0.05, 0) is 62.1 Å². The van der Waals surface area contributed by atoms with Gasteiger partial charge in [0.25, 0.3) is 0 Å². The minimum atomic E-state index is 0.500. The minimum Gasteiger partial charge on any atom is -0.313 e. The Labute approximate surface area is 139 Å². The average Bonchev–Trinajstić information content (AvgIpc) is 3.04. The van der Waals surface area contributed by atoms with Crippen molar-refractivity contribution in [3.63, 3.8) is 0 Å². The fraction of sp³-hybridized carbons (Fsp3) is 0.778. The van der Waals surface area contributed by atoms with Crippen LogP contribution in [0.25, 0.3) is 0 Å². The monoisotopic (exact) mass is 327 g/mol. The van der Waals surface area contributed by atoms with Gasteiger partial charge in [-0.15, -0.1) is 11.3 Å². The summed E-state index contributed by atoms with van der Waals surface area (Å²) < 4.78 is 0.920. The highest BCUT2D eigenvalue weighted by atomic mass is 35.5. The van der Waals surface area contributed by atoms with Gasteiger partial charge >= 0.3 is 0 Å². The van der Waals surface area contributed by atoms with Crippen LogP contribution < -0.4 is 5.32 Å². The Bertz CT molecular complexity index is 421. The molecule has 0 radical (unpaired) electrons. The predicted octanol–water partition coefficient (Wildman–Crippen LogP) is 5.92. The maximum absolute atomic E-state index is 6.13. The molecular weight excluding hydrogens is 298 g/mol. The SMILES string of the molecule is CCCNC(Cc1ccc(Cl)s1)C1(CC(C)C)CCCC1. The molecule has 0 spiro atoms. The molecule has 1 aliphatic rings. The van der Waals surface area contributed by atoms with Crippen LogP contribution in [-0.2, 0) is 6.42 Å². The van der Waals surface area contributed by atoms with Crippen molar-refractivity contribution in [1.29, 1.82) is 0 Å². The van der Waals surface area contributed by atoms with Crippen LogP contribution in [0.5, 0.6) is 0 Å². The van der Waals surface area contributed by atoms with Crippen molar-refractivity contribution in [2.45, 2.75) is 71.8 Å². The summed E-state index contributed by atoms with van der Waals surface area (Å²) in [6.45, 7) is 8.14. The first-order valence-electron chi connectivity index (χ1n) is 8.53. The third-order valence-electron chi connectivity index (χ3n) is 4.83. The van der Waals surface area contributed by atoms with Crippen LogP contribution in [0.1, 0.15) is 64.2 Å². The van der Waals surface area contributed by atoms with E-state index < -0.39 is 0 Å². The van der Waals surface area contributed by atoms with Crippen molar-refractivity contribution in [3.8, 4) is 0 Å². The highest BCUT2D eigenvalue weighted by molar-refractivity contribution is 7.16. The molecule has 1 aromatic rings. The first-order chi connectivity index (χ1) is 10.1. The molecular formula is C18H30ClNS. The maximum Gasteiger partial charge on any atom is 0.0931 e. The quantitative estimate of drug-likeness (QED) is 0.625. The zero-order chi connectivity index (χ0) is 15.3. The zero-order valence-electron chi connectivity index (χ0n) is 13.8. The van der Waals surface area contributed by atoms with Crippen LogP contribution in [-0.4, -0.2) is 12.6 Å². The normalized spacial score (nSPS) is 19.3. The number of rotatable bonds is 8. The van der Waals surface area contributed by atoms with Crippen molar-refractivity contribution in [3.05, 3.63) is 21.3 Å². The Morgan fingerprint density at radius 1 is 1.29 bits per heavy atom. The number of nitrogens with one attached hydrogen (secondary N) is 1. The van der Waals surface area contributed by atoms with Gasteiger partial charge in [-0.25, -0.2) is 0 Å². The van der Waals surface area contributed by atoms with E-state index in [9.17, 15) is 0 Å². The molecule has 1 saturated carbocycles. The maximum atomic E-state index is 6.13. The first-order valence-corrected chi connectivity index (χ1v) is 9.73. The van der Waals surface area contributed by atoms with Gasteiger partial charge in [-0.2, -0.15) is 0 Å². The molecule has 2 rings (SSSR count). The van der Waals surface area contributed by atoms with Gasteiger partial charge < -0.3 is 5.32 Å². The molecule has 120 valence electrons. The standard InChI is InChI=1S/C18H30ClNS/c1-4-11-20-16(12-15-7-8-17(19)21-15)18(13-14(2)3)9-5-6-10-18/h7-8,14,16,20H,4-6,9-13H2,1-3H3. The lowest BCUT2D eigenvalue weighted by molar-refractivity contribution is 0.154. The van der Waals surface area contributed by atoms with Gasteiger partial charge in [-0.3, -0.25) is 0 Å². The number of hydrogen-bond donors (Lipinski definition) is 1. The molecule has 1 fully saturated rings. The highest BCUT2D eigenvalue weighted by Gasteiger charge is 2.41. The largest absolute Gasteiger partial charge is 0.313 e. The molecule has 0 aliphatic heterocycles. The van der Waals surface area contributed by atoms with E-state index in [1.54, 1.807) is 11.3 Å². The smallest absolute Gasteiger partial charge is 0.0931 e. The second kappa shape index (κ2) is 7.99. The third-order valence-corrected chi connectivity index (χ3v) is 6.08. The van der Waals surface area contributed by atoms with E-state index in [-0.39, 0.29) is 0 Å². The second-order valence-electron chi connectivity index (χ2n) is 7.08. The summed E-state index contributed by atoms with van der Waals surface area (Å²) >= 11 is 7.88. The van der Waals surface area contributed by atoms with E-state index in [2.05, 4.69) is 32.2 Å². The Kier molecular flexibility index (Phi) is 6.58. The van der Waals surface area contributed by atoms with Crippen LogP contribution in [0.4, 0.5) is 0 Å². The van der Waals surface area contributed by atoms with E-state index in [4.69, 9.17) is 11.6 Å². The fourth-order valence-electron chi connectivity index (χ4n) is 4.07. The molecule has 1 aliphatic carbocycles. The summed E-state index contributed by atoms with van der Waals surface area (Å²) in [7, 11) is 0. The second-order valence-corrected chi connectivity index (χ2v) is 8.88. The van der Waals surface area contributed by atoms with Gasteiger partial charge in [0.1, 0.15) is 0 Å². The molecule has 1 nitrogen and oxygen atoms in total. The van der Waals surface area contributed by atoms with E-state index in [1.165, 1.54) is 43.4 Å². The molecule has 1 N–H and O–H groups in total. The fourth-order valence-corrected chi connectivity index (χ4v) is 5.21. The van der Waals surface area contributed by atoms with Crippen LogP contribution in [0.3, 0.4) is 0 Å². The van der Waals surface area contributed by atoms with Gasteiger partial charge in [-0.1, -0.05) is 45.2 Å². The highest BCUT2D eigenvalue weighted by Crippen LogP contribution is 2.47. The minimum absolute atomic E-state index is 0.500. The molecule has 0 amide bonds. The van der Waals surface area contributed by atoms with Gasteiger partial charge in [0.15, 0.2) is 0 Å². The summed E-state index contributed by atoms with van der Waals surface area (Å²) in [5.74, 6) is 0.779. The third kappa shape index (κ3) is 4.71. The predicted molar refractivity (Wildman–Crippen MR) is 95.5 cm³/mol. The lowest BCUT2D eigenvalue weighted by atomic mass is 9.71. The molecule has 1 aromatic heterocycles. The van der Waals surface area contributed by atoms with Crippen molar-refractivity contribution in [2.75, 3.05) is 6.54 Å². The van der Waals surface area contributed by atoms with E-state index in [1.807, 2.05) is 6.07 Å². The molecule has 0 bridgehead atoms. The van der Waals surface area contributed by atoms with Crippen LogP contribution in [0.2, 0.25) is 4.34 Å². The molecule has 0 aromatic carbocycles. The number of thiophene rings is 1. The lowest BCUT2D eigenvalue weighted by Gasteiger charge is -2.40. The van der Waals surface area contributed by atoms with Crippen LogP contribution in [0, 0.1) is 11.3 Å². The molecule has 1 unspecified atom stereocenters. The number of hydrogen-bond acceptors (Lipinski definition) is 2.